The number of cyclic esters (lactones) is 1. The summed E-state index contributed by atoms with van der Waals surface area (Å²) in [6.07, 6.45) is 1.83. The Labute approximate surface area is 116 Å². The number of rotatable bonds is 7. The molecule has 0 aromatic carbocycles. The van der Waals surface area contributed by atoms with E-state index in [1.807, 2.05) is 17.5 Å². The molecule has 1 N–H and O–H groups in total. The Balaban J connectivity index is 1.53. The average molecular weight is 282 g/mol. The summed E-state index contributed by atoms with van der Waals surface area (Å²) in [6.45, 7) is 2.38. The minimum Gasteiger partial charge on any atom is -0.448 e. The number of ether oxygens (including phenoxy) is 1. The molecule has 1 aromatic heterocycles. The fourth-order valence-electron chi connectivity index (χ4n) is 1.91. The van der Waals surface area contributed by atoms with Gasteiger partial charge in [0.15, 0.2) is 0 Å². The highest BCUT2D eigenvalue weighted by Crippen LogP contribution is 2.10. The van der Waals surface area contributed by atoms with E-state index < -0.39 is 0 Å². The third kappa shape index (κ3) is 4.55. The molecular formula is C13H18N2O3S. The van der Waals surface area contributed by atoms with E-state index in [4.69, 9.17) is 4.74 Å². The summed E-state index contributed by atoms with van der Waals surface area (Å²) >= 11 is 1.67. The highest BCUT2D eigenvalue weighted by molar-refractivity contribution is 7.09. The SMILES string of the molecule is O=C(CCc1cccs1)NCCCN1CCOC1=O. The van der Waals surface area contributed by atoms with E-state index in [2.05, 4.69) is 5.32 Å². The first kappa shape index (κ1) is 13.9. The number of thiophene rings is 1. The maximum absolute atomic E-state index is 11.6. The number of carbonyl (C=O) groups excluding carboxylic acids is 2. The van der Waals surface area contributed by atoms with Gasteiger partial charge in [0.25, 0.3) is 0 Å². The highest BCUT2D eigenvalue weighted by atomic mass is 32.1. The van der Waals surface area contributed by atoms with Crippen molar-refractivity contribution in [1.82, 2.24) is 10.2 Å². The van der Waals surface area contributed by atoms with Gasteiger partial charge in [-0.05, 0) is 24.3 Å². The Morgan fingerprint density at radius 2 is 2.42 bits per heavy atom. The lowest BCUT2D eigenvalue weighted by Gasteiger charge is -2.12. The second kappa shape index (κ2) is 7.13. The standard InChI is InChI=1S/C13H18N2O3S/c16-12(5-4-11-3-1-10-19-11)14-6-2-7-15-8-9-18-13(15)17/h1,3,10H,2,4-9H2,(H,14,16). The van der Waals surface area contributed by atoms with Gasteiger partial charge in [-0.1, -0.05) is 6.07 Å². The fraction of sp³-hybridized carbons (Fsp3) is 0.538. The van der Waals surface area contributed by atoms with Crippen LogP contribution in [0.25, 0.3) is 0 Å². The van der Waals surface area contributed by atoms with E-state index in [1.54, 1.807) is 16.2 Å². The summed E-state index contributed by atoms with van der Waals surface area (Å²) in [4.78, 5) is 25.6. The van der Waals surface area contributed by atoms with Crippen molar-refractivity contribution < 1.29 is 14.3 Å². The molecule has 0 atom stereocenters. The molecule has 1 aliphatic heterocycles. The molecule has 1 aromatic rings. The third-order valence-corrected chi connectivity index (χ3v) is 3.89. The molecule has 19 heavy (non-hydrogen) atoms. The zero-order chi connectivity index (χ0) is 13.5. The second-order valence-electron chi connectivity index (χ2n) is 4.38. The second-order valence-corrected chi connectivity index (χ2v) is 5.42. The van der Waals surface area contributed by atoms with Crippen LogP contribution in [-0.4, -0.2) is 43.1 Å². The van der Waals surface area contributed by atoms with Gasteiger partial charge in [0.05, 0.1) is 6.54 Å². The minimum absolute atomic E-state index is 0.0670. The number of amides is 2. The van der Waals surface area contributed by atoms with Crippen molar-refractivity contribution in [2.75, 3.05) is 26.2 Å². The van der Waals surface area contributed by atoms with Crippen LogP contribution in [0.2, 0.25) is 0 Å². The van der Waals surface area contributed by atoms with Crippen LogP contribution in [0.4, 0.5) is 4.79 Å². The van der Waals surface area contributed by atoms with Gasteiger partial charge in [-0.25, -0.2) is 4.79 Å². The molecule has 0 unspecified atom stereocenters. The summed E-state index contributed by atoms with van der Waals surface area (Å²) < 4.78 is 4.82. The van der Waals surface area contributed by atoms with Gasteiger partial charge in [-0.2, -0.15) is 0 Å². The molecule has 2 amide bonds. The first-order valence-corrected chi connectivity index (χ1v) is 7.34. The molecule has 0 spiro atoms. The lowest BCUT2D eigenvalue weighted by atomic mass is 10.2. The van der Waals surface area contributed by atoms with E-state index in [-0.39, 0.29) is 12.0 Å². The monoisotopic (exact) mass is 282 g/mol. The van der Waals surface area contributed by atoms with Crippen LogP contribution in [-0.2, 0) is 16.0 Å². The van der Waals surface area contributed by atoms with E-state index in [9.17, 15) is 9.59 Å². The minimum atomic E-state index is -0.246. The molecule has 0 bridgehead atoms. The van der Waals surface area contributed by atoms with E-state index >= 15 is 0 Å². The number of nitrogens with one attached hydrogen (secondary N) is 1. The van der Waals surface area contributed by atoms with Gasteiger partial charge in [0.1, 0.15) is 6.61 Å². The maximum atomic E-state index is 11.6. The lowest BCUT2D eigenvalue weighted by Crippen LogP contribution is -2.30. The molecule has 2 heterocycles. The topological polar surface area (TPSA) is 58.6 Å². The molecule has 2 rings (SSSR count). The lowest BCUT2D eigenvalue weighted by molar-refractivity contribution is -0.121. The first-order chi connectivity index (χ1) is 9.25. The summed E-state index contributed by atoms with van der Waals surface area (Å²) in [5.74, 6) is 0.0670. The number of aryl methyl sites for hydroxylation is 1. The molecular weight excluding hydrogens is 264 g/mol. The van der Waals surface area contributed by atoms with Crippen LogP contribution >= 0.6 is 11.3 Å². The van der Waals surface area contributed by atoms with Crippen molar-refractivity contribution in [3.63, 3.8) is 0 Å². The van der Waals surface area contributed by atoms with Gasteiger partial charge in [-0.15, -0.1) is 11.3 Å². The van der Waals surface area contributed by atoms with E-state index in [1.165, 1.54) is 4.88 Å². The van der Waals surface area contributed by atoms with Crippen LogP contribution in [0.5, 0.6) is 0 Å². The van der Waals surface area contributed by atoms with Crippen LogP contribution < -0.4 is 5.32 Å². The zero-order valence-corrected chi connectivity index (χ0v) is 11.6. The Bertz CT molecular complexity index is 420. The zero-order valence-electron chi connectivity index (χ0n) is 10.8. The smallest absolute Gasteiger partial charge is 0.409 e. The molecule has 0 saturated carbocycles. The highest BCUT2D eigenvalue weighted by Gasteiger charge is 2.20. The summed E-state index contributed by atoms with van der Waals surface area (Å²) in [5, 5.41) is 4.89. The van der Waals surface area contributed by atoms with Crippen LogP contribution in [0.3, 0.4) is 0 Å². The summed E-state index contributed by atoms with van der Waals surface area (Å²) in [7, 11) is 0. The predicted molar refractivity (Wildman–Crippen MR) is 73.2 cm³/mol. The molecule has 6 heteroatoms. The Morgan fingerprint density at radius 1 is 1.53 bits per heavy atom. The van der Waals surface area contributed by atoms with Crippen molar-refractivity contribution in [3.05, 3.63) is 22.4 Å². The molecule has 1 saturated heterocycles. The van der Waals surface area contributed by atoms with Gasteiger partial charge in [0, 0.05) is 24.4 Å². The van der Waals surface area contributed by atoms with Crippen LogP contribution in [0, 0.1) is 0 Å². The molecule has 0 radical (unpaired) electrons. The fourth-order valence-corrected chi connectivity index (χ4v) is 2.62. The van der Waals surface area contributed by atoms with Crippen molar-refractivity contribution in [3.8, 4) is 0 Å². The number of hydrogen-bond donors (Lipinski definition) is 1. The van der Waals surface area contributed by atoms with Crippen molar-refractivity contribution in [2.24, 2.45) is 0 Å². The molecule has 1 fully saturated rings. The molecule has 1 aliphatic rings. The number of hydrogen-bond acceptors (Lipinski definition) is 4. The number of nitrogens with zero attached hydrogens (tertiary/aromatic N) is 1. The van der Waals surface area contributed by atoms with Gasteiger partial charge in [-0.3, -0.25) is 4.79 Å². The normalized spacial score (nSPS) is 14.5. The van der Waals surface area contributed by atoms with Gasteiger partial charge >= 0.3 is 6.09 Å². The van der Waals surface area contributed by atoms with E-state index in [0.29, 0.717) is 32.7 Å². The van der Waals surface area contributed by atoms with Gasteiger partial charge < -0.3 is 15.0 Å². The Kier molecular flexibility index (Phi) is 5.20. The Morgan fingerprint density at radius 3 is 3.11 bits per heavy atom. The average Bonchev–Trinajstić information content (AvgIpc) is 3.04. The third-order valence-electron chi connectivity index (χ3n) is 2.95. The molecule has 0 aliphatic carbocycles. The number of carbonyl (C=O) groups is 2. The summed E-state index contributed by atoms with van der Waals surface area (Å²) in [6, 6.07) is 4.03. The van der Waals surface area contributed by atoms with Crippen molar-refractivity contribution in [1.29, 1.82) is 0 Å². The maximum Gasteiger partial charge on any atom is 0.409 e. The van der Waals surface area contributed by atoms with Crippen LogP contribution in [0.15, 0.2) is 17.5 Å². The van der Waals surface area contributed by atoms with Crippen LogP contribution in [0.1, 0.15) is 17.7 Å². The van der Waals surface area contributed by atoms with Crippen molar-refractivity contribution >= 4 is 23.3 Å². The van der Waals surface area contributed by atoms with Crippen molar-refractivity contribution in [2.45, 2.75) is 19.3 Å². The van der Waals surface area contributed by atoms with E-state index in [0.717, 1.165) is 12.8 Å². The first-order valence-electron chi connectivity index (χ1n) is 6.46. The predicted octanol–water partition coefficient (Wildman–Crippen LogP) is 1.64. The Hall–Kier alpha value is -1.56. The summed E-state index contributed by atoms with van der Waals surface area (Å²) in [5.41, 5.74) is 0. The molecule has 104 valence electrons. The molecule has 5 nitrogen and oxygen atoms in total. The largest absolute Gasteiger partial charge is 0.448 e. The van der Waals surface area contributed by atoms with Gasteiger partial charge in [0.2, 0.25) is 5.91 Å². The quantitative estimate of drug-likeness (QED) is 0.773.